The molecule has 0 unspecified atom stereocenters. The molecule has 1 aromatic heterocycles. The molecule has 0 aliphatic carbocycles. The highest BCUT2D eigenvalue weighted by atomic mass is 79.9. The molecule has 1 aromatic carbocycles. The van der Waals surface area contributed by atoms with Crippen LogP contribution in [0, 0.1) is 5.82 Å². The monoisotopic (exact) mass is 359 g/mol. The Labute approximate surface area is 124 Å². The van der Waals surface area contributed by atoms with Crippen LogP contribution >= 0.6 is 27.3 Å². The van der Waals surface area contributed by atoms with Gasteiger partial charge in [-0.05, 0) is 34.1 Å². The van der Waals surface area contributed by atoms with E-state index in [4.69, 9.17) is 5.11 Å². The van der Waals surface area contributed by atoms with Crippen LogP contribution in [-0.2, 0) is 0 Å². The SMILES string of the molecule is O=C(Nc1ncc(Br)s1)Nc1cc(F)ccc1C(=O)O. The molecular formula is C11H7BrFN3O3S. The van der Waals surface area contributed by atoms with Crippen LogP contribution in [0.2, 0.25) is 0 Å². The van der Waals surface area contributed by atoms with Crippen molar-refractivity contribution in [2.45, 2.75) is 0 Å². The number of anilines is 2. The molecule has 0 saturated carbocycles. The number of hydrogen-bond acceptors (Lipinski definition) is 4. The molecule has 2 amide bonds. The van der Waals surface area contributed by atoms with E-state index in [1.165, 1.54) is 17.5 Å². The standard InChI is InChI=1S/C11H7BrFN3O3S/c12-8-4-14-11(20-8)16-10(19)15-7-3-5(13)1-2-6(7)9(17)18/h1-4H,(H,17,18)(H2,14,15,16,19). The molecule has 2 rings (SSSR count). The van der Waals surface area contributed by atoms with Gasteiger partial charge in [0.2, 0.25) is 0 Å². The van der Waals surface area contributed by atoms with Gasteiger partial charge in [-0.1, -0.05) is 11.3 Å². The number of halogens is 2. The van der Waals surface area contributed by atoms with Gasteiger partial charge in [0.1, 0.15) is 5.82 Å². The molecule has 6 nitrogen and oxygen atoms in total. The minimum Gasteiger partial charge on any atom is -0.478 e. The summed E-state index contributed by atoms with van der Waals surface area (Å²) in [5, 5.41) is 14.0. The predicted molar refractivity (Wildman–Crippen MR) is 75.8 cm³/mol. The third-order valence-electron chi connectivity index (χ3n) is 2.16. The lowest BCUT2D eigenvalue weighted by Crippen LogP contribution is -2.21. The lowest BCUT2D eigenvalue weighted by molar-refractivity contribution is 0.0698. The second kappa shape index (κ2) is 5.97. The van der Waals surface area contributed by atoms with Crippen LogP contribution in [0.1, 0.15) is 10.4 Å². The molecule has 0 saturated heterocycles. The van der Waals surface area contributed by atoms with Gasteiger partial charge in [0, 0.05) is 0 Å². The van der Waals surface area contributed by atoms with Crippen molar-refractivity contribution in [3.05, 3.63) is 39.6 Å². The first kappa shape index (κ1) is 14.4. The van der Waals surface area contributed by atoms with Crippen molar-refractivity contribution >= 4 is 50.1 Å². The van der Waals surface area contributed by atoms with Gasteiger partial charge in [-0.25, -0.2) is 19.0 Å². The number of carboxylic acid groups (broad SMARTS) is 1. The number of rotatable bonds is 3. The molecule has 0 bridgehead atoms. The summed E-state index contributed by atoms with van der Waals surface area (Å²) in [6.45, 7) is 0. The molecule has 0 fully saturated rings. The summed E-state index contributed by atoms with van der Waals surface area (Å²) in [4.78, 5) is 26.5. The second-order valence-corrected chi connectivity index (χ2v) is 5.95. The van der Waals surface area contributed by atoms with E-state index in [-0.39, 0.29) is 11.3 Å². The van der Waals surface area contributed by atoms with Crippen molar-refractivity contribution < 1.29 is 19.1 Å². The van der Waals surface area contributed by atoms with E-state index in [0.29, 0.717) is 5.13 Å². The molecule has 9 heteroatoms. The van der Waals surface area contributed by atoms with Crippen molar-refractivity contribution in [2.75, 3.05) is 10.6 Å². The van der Waals surface area contributed by atoms with E-state index in [1.807, 2.05) is 0 Å². The van der Waals surface area contributed by atoms with E-state index in [1.54, 1.807) is 0 Å². The zero-order chi connectivity index (χ0) is 14.7. The van der Waals surface area contributed by atoms with Gasteiger partial charge in [0.15, 0.2) is 5.13 Å². The average Bonchev–Trinajstić information content (AvgIpc) is 2.74. The lowest BCUT2D eigenvalue weighted by atomic mass is 10.2. The number of hydrogen-bond donors (Lipinski definition) is 3. The molecule has 3 N–H and O–H groups in total. The maximum absolute atomic E-state index is 13.1. The number of nitrogens with one attached hydrogen (secondary N) is 2. The van der Waals surface area contributed by atoms with Gasteiger partial charge in [-0.3, -0.25) is 5.32 Å². The van der Waals surface area contributed by atoms with E-state index in [0.717, 1.165) is 22.0 Å². The second-order valence-electron chi connectivity index (χ2n) is 3.54. The maximum atomic E-state index is 13.1. The quantitative estimate of drug-likeness (QED) is 0.783. The fraction of sp³-hybridized carbons (Fsp3) is 0. The molecular weight excluding hydrogens is 353 g/mol. The zero-order valence-electron chi connectivity index (χ0n) is 9.68. The van der Waals surface area contributed by atoms with Crippen LogP contribution in [-0.4, -0.2) is 22.1 Å². The average molecular weight is 360 g/mol. The highest BCUT2D eigenvalue weighted by Crippen LogP contribution is 2.23. The first-order valence-electron chi connectivity index (χ1n) is 5.18. The fourth-order valence-corrected chi connectivity index (χ4v) is 2.47. The van der Waals surface area contributed by atoms with E-state index >= 15 is 0 Å². The zero-order valence-corrected chi connectivity index (χ0v) is 12.1. The minimum atomic E-state index is -1.27. The number of urea groups is 1. The Morgan fingerprint density at radius 2 is 2.10 bits per heavy atom. The van der Waals surface area contributed by atoms with Crippen molar-refractivity contribution in [3.8, 4) is 0 Å². The molecule has 104 valence electrons. The van der Waals surface area contributed by atoms with Gasteiger partial charge < -0.3 is 10.4 Å². The number of thiazole rings is 1. The Balaban J connectivity index is 2.15. The van der Waals surface area contributed by atoms with E-state index < -0.39 is 17.8 Å². The van der Waals surface area contributed by atoms with Crippen molar-refractivity contribution in [3.63, 3.8) is 0 Å². The predicted octanol–water partition coefficient (Wildman–Crippen LogP) is 3.39. The smallest absolute Gasteiger partial charge is 0.337 e. The number of aromatic carboxylic acids is 1. The summed E-state index contributed by atoms with van der Waals surface area (Å²) < 4.78 is 13.8. The van der Waals surface area contributed by atoms with E-state index in [2.05, 4.69) is 31.5 Å². The van der Waals surface area contributed by atoms with Crippen LogP contribution < -0.4 is 10.6 Å². The molecule has 1 heterocycles. The number of carboxylic acids is 1. The largest absolute Gasteiger partial charge is 0.478 e. The number of nitrogens with zero attached hydrogens (tertiary/aromatic N) is 1. The third kappa shape index (κ3) is 3.52. The van der Waals surface area contributed by atoms with E-state index in [9.17, 15) is 14.0 Å². The molecule has 2 aromatic rings. The Hall–Kier alpha value is -2.00. The molecule has 0 atom stereocenters. The van der Waals surface area contributed by atoms with Crippen molar-refractivity contribution in [1.82, 2.24) is 4.98 Å². The maximum Gasteiger partial charge on any atom is 0.337 e. The Morgan fingerprint density at radius 3 is 2.70 bits per heavy atom. The normalized spacial score (nSPS) is 10.1. The highest BCUT2D eigenvalue weighted by molar-refractivity contribution is 9.11. The lowest BCUT2D eigenvalue weighted by Gasteiger charge is -2.08. The Kier molecular flexibility index (Phi) is 4.30. The minimum absolute atomic E-state index is 0.134. The van der Waals surface area contributed by atoms with Crippen LogP contribution in [0.25, 0.3) is 0 Å². The summed E-state index contributed by atoms with van der Waals surface area (Å²) in [6, 6.07) is 2.30. The summed E-state index contributed by atoms with van der Waals surface area (Å²) in [5.74, 6) is -1.92. The van der Waals surface area contributed by atoms with Crippen LogP contribution in [0.4, 0.5) is 20.0 Å². The molecule has 0 aliphatic heterocycles. The van der Waals surface area contributed by atoms with Crippen LogP contribution in [0.5, 0.6) is 0 Å². The number of benzene rings is 1. The first-order valence-corrected chi connectivity index (χ1v) is 6.79. The molecule has 0 aliphatic rings. The Bertz CT molecular complexity index is 677. The fourth-order valence-electron chi connectivity index (χ4n) is 1.37. The van der Waals surface area contributed by atoms with Gasteiger partial charge in [0.25, 0.3) is 0 Å². The number of carbonyl (C=O) groups excluding carboxylic acids is 1. The molecule has 0 radical (unpaired) electrons. The van der Waals surface area contributed by atoms with Gasteiger partial charge >= 0.3 is 12.0 Å². The van der Waals surface area contributed by atoms with Gasteiger partial charge in [-0.2, -0.15) is 0 Å². The first-order chi connectivity index (χ1) is 9.45. The molecule has 0 spiro atoms. The van der Waals surface area contributed by atoms with Crippen molar-refractivity contribution in [1.29, 1.82) is 0 Å². The number of aromatic nitrogens is 1. The summed E-state index contributed by atoms with van der Waals surface area (Å²) >= 11 is 4.37. The summed E-state index contributed by atoms with van der Waals surface area (Å²) in [7, 11) is 0. The highest BCUT2D eigenvalue weighted by Gasteiger charge is 2.14. The van der Waals surface area contributed by atoms with Crippen molar-refractivity contribution in [2.24, 2.45) is 0 Å². The van der Waals surface area contributed by atoms with Gasteiger partial charge in [-0.15, -0.1) is 0 Å². The van der Waals surface area contributed by atoms with Gasteiger partial charge in [0.05, 0.1) is 21.2 Å². The number of amides is 2. The van der Waals surface area contributed by atoms with Crippen LogP contribution in [0.3, 0.4) is 0 Å². The summed E-state index contributed by atoms with van der Waals surface area (Å²) in [5.41, 5.74) is -0.340. The van der Waals surface area contributed by atoms with Crippen LogP contribution in [0.15, 0.2) is 28.2 Å². The molecule has 20 heavy (non-hydrogen) atoms. The number of carbonyl (C=O) groups is 2. The third-order valence-corrected chi connectivity index (χ3v) is 3.55. The summed E-state index contributed by atoms with van der Waals surface area (Å²) in [6.07, 6.45) is 1.51. The Morgan fingerprint density at radius 1 is 1.35 bits per heavy atom. The topological polar surface area (TPSA) is 91.3 Å².